The molecule has 2 aromatic rings. The van der Waals surface area contributed by atoms with Crippen LogP contribution in [0.2, 0.25) is 0 Å². The first kappa shape index (κ1) is 18.3. The fourth-order valence-electron chi connectivity index (χ4n) is 4.74. The molecule has 2 aliphatic heterocycles. The molecule has 4 nitrogen and oxygen atoms in total. The Morgan fingerprint density at radius 1 is 1.15 bits per heavy atom. The van der Waals surface area contributed by atoms with E-state index in [2.05, 4.69) is 29.7 Å². The fraction of sp³-hybridized carbons (Fsp3) is 0.565. The van der Waals surface area contributed by atoms with Crippen molar-refractivity contribution in [2.75, 3.05) is 24.5 Å². The Balaban J connectivity index is 1.75. The molecule has 0 aliphatic carbocycles. The number of hydrogen-bond donors (Lipinski definition) is 0. The van der Waals surface area contributed by atoms with Gasteiger partial charge in [-0.25, -0.2) is 4.98 Å². The van der Waals surface area contributed by atoms with Crippen molar-refractivity contribution in [2.45, 2.75) is 58.4 Å². The van der Waals surface area contributed by atoms with E-state index < -0.39 is 0 Å². The number of amides is 1. The molecule has 0 N–H and O–H groups in total. The molecule has 1 aromatic heterocycles. The minimum Gasteiger partial charge on any atom is -0.356 e. The van der Waals surface area contributed by atoms with Crippen molar-refractivity contribution < 1.29 is 4.79 Å². The minimum atomic E-state index is 0.187. The molecule has 1 amide bonds. The summed E-state index contributed by atoms with van der Waals surface area (Å²) in [6.07, 6.45) is 6.98. The number of carbonyl (C=O) groups is 1. The van der Waals surface area contributed by atoms with Gasteiger partial charge in [-0.15, -0.1) is 0 Å². The highest BCUT2D eigenvalue weighted by Crippen LogP contribution is 2.29. The number of benzene rings is 1. The quantitative estimate of drug-likeness (QED) is 0.778. The number of anilines is 1. The van der Waals surface area contributed by atoms with Crippen LogP contribution in [0.5, 0.6) is 0 Å². The number of likely N-dealkylation sites (tertiary alicyclic amines) is 1. The monoisotopic (exact) mass is 365 g/mol. The van der Waals surface area contributed by atoms with Crippen molar-refractivity contribution in [3.8, 4) is 0 Å². The Labute approximate surface area is 162 Å². The number of piperidine rings is 2. The van der Waals surface area contributed by atoms with Crippen LogP contribution in [-0.4, -0.2) is 41.5 Å². The van der Waals surface area contributed by atoms with Gasteiger partial charge in [0.15, 0.2) is 0 Å². The number of carbonyl (C=O) groups excluding carboxylic acids is 1. The van der Waals surface area contributed by atoms with E-state index in [1.54, 1.807) is 0 Å². The SMILES string of the molecule is CC[C@H]1CCCCN1C(=O)c1cc(N2CCC[C@@H](C)C2)nc2ccccc12. The summed E-state index contributed by atoms with van der Waals surface area (Å²) in [4.78, 5) is 23.0. The first-order chi connectivity index (χ1) is 13.2. The lowest BCUT2D eigenvalue weighted by atomic mass is 9.97. The third kappa shape index (κ3) is 3.67. The summed E-state index contributed by atoms with van der Waals surface area (Å²) in [5.74, 6) is 1.83. The lowest BCUT2D eigenvalue weighted by Gasteiger charge is -2.36. The first-order valence-electron chi connectivity index (χ1n) is 10.6. The van der Waals surface area contributed by atoms with Crippen LogP contribution in [0.4, 0.5) is 5.82 Å². The third-order valence-electron chi connectivity index (χ3n) is 6.27. The van der Waals surface area contributed by atoms with Crippen LogP contribution in [0.25, 0.3) is 10.9 Å². The van der Waals surface area contributed by atoms with E-state index in [-0.39, 0.29) is 5.91 Å². The van der Waals surface area contributed by atoms with E-state index in [0.717, 1.165) is 61.2 Å². The molecule has 27 heavy (non-hydrogen) atoms. The number of nitrogens with zero attached hydrogens (tertiary/aromatic N) is 3. The number of fused-ring (bicyclic) bond motifs is 1. The van der Waals surface area contributed by atoms with Crippen LogP contribution < -0.4 is 4.90 Å². The van der Waals surface area contributed by atoms with Gasteiger partial charge in [0.05, 0.1) is 11.1 Å². The number of aromatic nitrogens is 1. The van der Waals surface area contributed by atoms with E-state index in [9.17, 15) is 4.79 Å². The maximum Gasteiger partial charge on any atom is 0.254 e. The standard InChI is InChI=1S/C23H31N3O/c1-3-18-10-6-7-14-26(18)23(27)20-15-22(25-13-8-9-17(2)16-25)24-21-12-5-4-11-19(20)21/h4-5,11-12,15,17-18H,3,6-10,13-14,16H2,1-2H3/t17-,18+/m1/s1. The number of hydrogen-bond acceptors (Lipinski definition) is 3. The molecule has 0 spiro atoms. The van der Waals surface area contributed by atoms with Gasteiger partial charge in [0.25, 0.3) is 5.91 Å². The topological polar surface area (TPSA) is 36.4 Å². The molecule has 2 atom stereocenters. The summed E-state index contributed by atoms with van der Waals surface area (Å²) in [6.45, 7) is 7.44. The molecule has 0 saturated carbocycles. The van der Waals surface area contributed by atoms with Crippen molar-refractivity contribution in [3.05, 3.63) is 35.9 Å². The zero-order valence-electron chi connectivity index (χ0n) is 16.7. The summed E-state index contributed by atoms with van der Waals surface area (Å²) in [6, 6.07) is 10.5. The highest BCUT2D eigenvalue weighted by Gasteiger charge is 2.28. The smallest absolute Gasteiger partial charge is 0.254 e. The van der Waals surface area contributed by atoms with Gasteiger partial charge in [-0.1, -0.05) is 32.0 Å². The predicted octanol–water partition coefficient (Wildman–Crippen LogP) is 4.88. The Kier molecular flexibility index (Phi) is 5.33. The molecular formula is C23H31N3O. The molecule has 4 heteroatoms. The first-order valence-corrected chi connectivity index (χ1v) is 10.6. The molecule has 0 unspecified atom stereocenters. The van der Waals surface area contributed by atoms with Crippen LogP contribution in [0.1, 0.15) is 62.7 Å². The minimum absolute atomic E-state index is 0.187. The maximum atomic E-state index is 13.6. The number of rotatable bonds is 3. The van der Waals surface area contributed by atoms with Crippen LogP contribution >= 0.6 is 0 Å². The van der Waals surface area contributed by atoms with Crippen molar-refractivity contribution >= 4 is 22.6 Å². The van der Waals surface area contributed by atoms with E-state index in [1.807, 2.05) is 24.3 Å². The molecule has 2 aliphatic rings. The van der Waals surface area contributed by atoms with Crippen molar-refractivity contribution in [3.63, 3.8) is 0 Å². The molecule has 3 heterocycles. The van der Waals surface area contributed by atoms with Crippen LogP contribution in [0.3, 0.4) is 0 Å². The Hall–Kier alpha value is -2.10. The predicted molar refractivity (Wildman–Crippen MR) is 111 cm³/mol. The van der Waals surface area contributed by atoms with E-state index >= 15 is 0 Å². The summed E-state index contributed by atoms with van der Waals surface area (Å²) in [5.41, 5.74) is 1.76. The van der Waals surface area contributed by atoms with Crippen LogP contribution in [0.15, 0.2) is 30.3 Å². The summed E-state index contributed by atoms with van der Waals surface area (Å²) >= 11 is 0. The van der Waals surface area contributed by atoms with Crippen LogP contribution in [0, 0.1) is 5.92 Å². The van der Waals surface area contributed by atoms with Crippen molar-refractivity contribution in [1.29, 1.82) is 0 Å². The van der Waals surface area contributed by atoms with Gasteiger partial charge in [-0.3, -0.25) is 4.79 Å². The van der Waals surface area contributed by atoms with Gasteiger partial charge in [-0.2, -0.15) is 0 Å². The molecule has 2 fully saturated rings. The second-order valence-electron chi connectivity index (χ2n) is 8.29. The Bertz CT molecular complexity index is 818. The van der Waals surface area contributed by atoms with E-state index in [1.165, 1.54) is 19.3 Å². The average molecular weight is 366 g/mol. The molecule has 144 valence electrons. The molecular weight excluding hydrogens is 334 g/mol. The zero-order chi connectivity index (χ0) is 18.8. The van der Waals surface area contributed by atoms with Gasteiger partial charge in [-0.05, 0) is 56.6 Å². The lowest BCUT2D eigenvalue weighted by Crippen LogP contribution is -2.43. The van der Waals surface area contributed by atoms with Gasteiger partial charge in [0.1, 0.15) is 5.82 Å². The summed E-state index contributed by atoms with van der Waals surface area (Å²) in [7, 11) is 0. The molecule has 0 bridgehead atoms. The van der Waals surface area contributed by atoms with Gasteiger partial charge in [0.2, 0.25) is 0 Å². The normalized spacial score (nSPS) is 23.6. The molecule has 0 radical (unpaired) electrons. The van der Waals surface area contributed by atoms with Crippen molar-refractivity contribution in [1.82, 2.24) is 9.88 Å². The van der Waals surface area contributed by atoms with Gasteiger partial charge >= 0.3 is 0 Å². The Morgan fingerprint density at radius 3 is 2.81 bits per heavy atom. The largest absolute Gasteiger partial charge is 0.356 e. The zero-order valence-corrected chi connectivity index (χ0v) is 16.7. The fourth-order valence-corrected chi connectivity index (χ4v) is 4.74. The maximum absolute atomic E-state index is 13.6. The third-order valence-corrected chi connectivity index (χ3v) is 6.27. The number of para-hydroxylation sites is 1. The Morgan fingerprint density at radius 2 is 2.00 bits per heavy atom. The average Bonchev–Trinajstić information content (AvgIpc) is 2.72. The second-order valence-corrected chi connectivity index (χ2v) is 8.29. The highest BCUT2D eigenvalue weighted by molar-refractivity contribution is 6.07. The van der Waals surface area contributed by atoms with E-state index in [0.29, 0.717) is 12.0 Å². The molecule has 4 rings (SSSR count). The van der Waals surface area contributed by atoms with Gasteiger partial charge in [0, 0.05) is 31.1 Å². The van der Waals surface area contributed by atoms with E-state index in [4.69, 9.17) is 4.98 Å². The van der Waals surface area contributed by atoms with Gasteiger partial charge < -0.3 is 9.80 Å². The summed E-state index contributed by atoms with van der Waals surface area (Å²) in [5, 5.41) is 0.983. The lowest BCUT2D eigenvalue weighted by molar-refractivity contribution is 0.0610. The number of pyridine rings is 1. The van der Waals surface area contributed by atoms with Crippen molar-refractivity contribution in [2.24, 2.45) is 5.92 Å². The highest BCUT2D eigenvalue weighted by atomic mass is 16.2. The summed E-state index contributed by atoms with van der Waals surface area (Å²) < 4.78 is 0. The molecule has 2 saturated heterocycles. The second kappa shape index (κ2) is 7.87. The molecule has 1 aromatic carbocycles. The van der Waals surface area contributed by atoms with Crippen LogP contribution in [-0.2, 0) is 0 Å².